The third kappa shape index (κ3) is 2.95. The highest BCUT2D eigenvalue weighted by atomic mass is 19.2. The minimum atomic E-state index is -1.50. The molecule has 0 aliphatic carbocycles. The van der Waals surface area contributed by atoms with Crippen LogP contribution in [-0.2, 0) is 13.5 Å². The summed E-state index contributed by atoms with van der Waals surface area (Å²) in [6, 6.07) is 7.03. The molecule has 2 atom stereocenters. The molecule has 2 aliphatic heterocycles. The van der Waals surface area contributed by atoms with E-state index in [-0.39, 0.29) is 23.6 Å². The van der Waals surface area contributed by atoms with E-state index in [0.29, 0.717) is 34.4 Å². The van der Waals surface area contributed by atoms with Gasteiger partial charge >= 0.3 is 0 Å². The van der Waals surface area contributed by atoms with Gasteiger partial charge in [0.15, 0.2) is 17.5 Å². The molecule has 3 aromatic heterocycles. The largest absolute Gasteiger partial charge is 0.327 e. The average molecular weight is 449 g/mol. The highest BCUT2D eigenvalue weighted by Crippen LogP contribution is 2.46. The number of hydrogen-bond donors (Lipinski definition) is 0. The van der Waals surface area contributed by atoms with Gasteiger partial charge in [-0.3, -0.25) is 19.4 Å². The molecular formula is C24H18F3N5O. The van der Waals surface area contributed by atoms with Crippen LogP contribution in [-0.4, -0.2) is 36.6 Å². The summed E-state index contributed by atoms with van der Waals surface area (Å²) in [4.78, 5) is 24.0. The van der Waals surface area contributed by atoms with Gasteiger partial charge in [0, 0.05) is 36.6 Å². The van der Waals surface area contributed by atoms with E-state index in [1.54, 1.807) is 36.3 Å². The SMILES string of the molecule is Cn1nc2c(c1-c1cc(F)c(F)c(F)c1)C[C@@H]1CC[C@H]2N1C(=O)c1cnc2cccnc2c1. The van der Waals surface area contributed by atoms with Gasteiger partial charge < -0.3 is 4.90 Å². The normalized spacial score (nSPS) is 19.2. The highest BCUT2D eigenvalue weighted by Gasteiger charge is 2.46. The number of pyridine rings is 2. The van der Waals surface area contributed by atoms with Crippen LogP contribution in [0.25, 0.3) is 22.3 Å². The molecule has 33 heavy (non-hydrogen) atoms. The Balaban J connectivity index is 1.40. The van der Waals surface area contributed by atoms with E-state index >= 15 is 0 Å². The van der Waals surface area contributed by atoms with Gasteiger partial charge in [-0.25, -0.2) is 13.2 Å². The van der Waals surface area contributed by atoms with E-state index in [0.717, 1.165) is 30.5 Å². The first kappa shape index (κ1) is 19.9. The second-order valence-corrected chi connectivity index (χ2v) is 8.52. The Morgan fingerprint density at radius 1 is 1.06 bits per heavy atom. The number of benzene rings is 1. The van der Waals surface area contributed by atoms with Gasteiger partial charge in [-0.2, -0.15) is 5.10 Å². The first-order valence-electron chi connectivity index (χ1n) is 10.7. The lowest BCUT2D eigenvalue weighted by molar-refractivity contribution is 0.0642. The topological polar surface area (TPSA) is 63.9 Å². The molecule has 0 radical (unpaired) electrons. The fourth-order valence-corrected chi connectivity index (χ4v) is 5.22. The third-order valence-electron chi connectivity index (χ3n) is 6.62. The molecule has 166 valence electrons. The highest BCUT2D eigenvalue weighted by molar-refractivity contribution is 5.97. The van der Waals surface area contributed by atoms with Crippen molar-refractivity contribution in [1.82, 2.24) is 24.6 Å². The van der Waals surface area contributed by atoms with Crippen LogP contribution in [0.4, 0.5) is 13.2 Å². The number of carbonyl (C=O) groups is 1. The quantitative estimate of drug-likeness (QED) is 0.427. The van der Waals surface area contributed by atoms with Crippen molar-refractivity contribution in [3.8, 4) is 11.3 Å². The Morgan fingerprint density at radius 2 is 1.85 bits per heavy atom. The van der Waals surface area contributed by atoms with Crippen molar-refractivity contribution >= 4 is 16.9 Å². The Hall–Kier alpha value is -3.75. The maximum Gasteiger partial charge on any atom is 0.256 e. The first-order valence-corrected chi connectivity index (χ1v) is 10.7. The molecule has 1 saturated heterocycles. The van der Waals surface area contributed by atoms with Crippen molar-refractivity contribution in [2.75, 3.05) is 0 Å². The standard InChI is InChI=1S/C24H18F3N5O/c1-31-23(12-7-16(25)21(27)17(26)8-12)15-10-14-4-5-20(22(15)30-31)32(14)24(33)13-9-19-18(29-11-13)3-2-6-28-19/h2-3,6-9,11,14,20H,4-5,10H2,1H3/t14-,20+/m0/s1. The van der Waals surface area contributed by atoms with Crippen LogP contribution in [0.3, 0.4) is 0 Å². The van der Waals surface area contributed by atoms with Gasteiger partial charge in [0.2, 0.25) is 0 Å². The summed E-state index contributed by atoms with van der Waals surface area (Å²) >= 11 is 0. The van der Waals surface area contributed by atoms with E-state index < -0.39 is 17.5 Å². The van der Waals surface area contributed by atoms with Crippen molar-refractivity contribution in [3.63, 3.8) is 0 Å². The summed E-state index contributed by atoms with van der Waals surface area (Å²) < 4.78 is 42.9. The van der Waals surface area contributed by atoms with Crippen molar-refractivity contribution in [2.24, 2.45) is 7.05 Å². The lowest BCUT2D eigenvalue weighted by Gasteiger charge is -2.34. The van der Waals surface area contributed by atoms with Gasteiger partial charge in [0.25, 0.3) is 5.91 Å². The number of rotatable bonds is 2. The van der Waals surface area contributed by atoms with Crippen LogP contribution in [0, 0.1) is 17.5 Å². The second-order valence-electron chi connectivity index (χ2n) is 8.52. The van der Waals surface area contributed by atoms with E-state index in [1.807, 2.05) is 11.0 Å². The number of nitrogens with zero attached hydrogens (tertiary/aromatic N) is 5. The van der Waals surface area contributed by atoms with Crippen LogP contribution >= 0.6 is 0 Å². The molecule has 1 aromatic carbocycles. The number of aryl methyl sites for hydroxylation is 1. The van der Waals surface area contributed by atoms with Crippen molar-refractivity contribution in [3.05, 3.63) is 77.0 Å². The Labute approximate surface area is 186 Å². The fourth-order valence-electron chi connectivity index (χ4n) is 5.22. The number of fused-ring (bicyclic) bond motifs is 5. The van der Waals surface area contributed by atoms with Crippen LogP contribution in [0.15, 0.2) is 42.7 Å². The first-order chi connectivity index (χ1) is 15.9. The zero-order valence-corrected chi connectivity index (χ0v) is 17.6. The van der Waals surface area contributed by atoms with Gasteiger partial charge in [-0.05, 0) is 49.6 Å². The molecule has 0 unspecified atom stereocenters. The molecule has 2 bridgehead atoms. The number of halogens is 3. The molecule has 6 nitrogen and oxygen atoms in total. The van der Waals surface area contributed by atoms with Gasteiger partial charge in [-0.15, -0.1) is 0 Å². The maximum absolute atomic E-state index is 13.9. The molecule has 0 saturated carbocycles. The molecule has 6 rings (SSSR count). The predicted octanol–water partition coefficient (Wildman–Crippen LogP) is 4.35. The Bertz CT molecular complexity index is 1430. The van der Waals surface area contributed by atoms with Crippen LogP contribution in [0.1, 0.15) is 40.5 Å². The van der Waals surface area contributed by atoms with E-state index in [9.17, 15) is 18.0 Å². The van der Waals surface area contributed by atoms with Crippen molar-refractivity contribution in [1.29, 1.82) is 0 Å². The summed E-state index contributed by atoms with van der Waals surface area (Å²) in [5.74, 6) is -4.12. The van der Waals surface area contributed by atoms with Gasteiger partial charge in [-0.1, -0.05) is 0 Å². The zero-order chi connectivity index (χ0) is 22.9. The molecule has 9 heteroatoms. The van der Waals surface area contributed by atoms with Crippen LogP contribution < -0.4 is 0 Å². The maximum atomic E-state index is 13.9. The monoisotopic (exact) mass is 449 g/mol. The van der Waals surface area contributed by atoms with E-state index in [4.69, 9.17) is 0 Å². The summed E-state index contributed by atoms with van der Waals surface area (Å²) in [6.45, 7) is 0. The molecule has 0 N–H and O–H groups in total. The number of aromatic nitrogens is 4. The number of amides is 1. The van der Waals surface area contributed by atoms with E-state index in [2.05, 4.69) is 15.1 Å². The van der Waals surface area contributed by atoms with Crippen molar-refractivity contribution < 1.29 is 18.0 Å². The lowest BCUT2D eigenvalue weighted by atomic mass is 9.94. The number of hydrogen-bond acceptors (Lipinski definition) is 4. The summed E-state index contributed by atoms with van der Waals surface area (Å²) in [6.07, 6.45) is 5.26. The van der Waals surface area contributed by atoms with Gasteiger partial charge in [0.05, 0.1) is 34.0 Å². The van der Waals surface area contributed by atoms with Gasteiger partial charge in [0.1, 0.15) is 0 Å². The summed E-state index contributed by atoms with van der Waals surface area (Å²) in [7, 11) is 1.69. The minimum absolute atomic E-state index is 0.0764. The molecule has 1 fully saturated rings. The second kappa shape index (κ2) is 7.13. The number of carbonyl (C=O) groups excluding carboxylic acids is 1. The fraction of sp³-hybridized carbons (Fsp3) is 0.250. The van der Waals surface area contributed by atoms with Crippen LogP contribution in [0.5, 0.6) is 0 Å². The Kier molecular flexibility index (Phi) is 4.30. The average Bonchev–Trinajstić information content (AvgIpc) is 3.32. The smallest absolute Gasteiger partial charge is 0.256 e. The zero-order valence-electron chi connectivity index (χ0n) is 17.6. The summed E-state index contributed by atoms with van der Waals surface area (Å²) in [5, 5.41) is 4.62. The predicted molar refractivity (Wildman–Crippen MR) is 114 cm³/mol. The van der Waals surface area contributed by atoms with Crippen molar-refractivity contribution in [2.45, 2.75) is 31.3 Å². The summed E-state index contributed by atoms with van der Waals surface area (Å²) in [5.41, 5.74) is 4.15. The van der Waals surface area contributed by atoms with E-state index in [1.165, 1.54) is 0 Å². The van der Waals surface area contributed by atoms with Crippen LogP contribution in [0.2, 0.25) is 0 Å². The molecule has 0 spiro atoms. The molecule has 2 aliphatic rings. The Morgan fingerprint density at radius 3 is 2.64 bits per heavy atom. The third-order valence-corrected chi connectivity index (χ3v) is 6.62. The molecular weight excluding hydrogens is 431 g/mol. The lowest BCUT2D eigenvalue weighted by Crippen LogP contribution is -2.42. The minimum Gasteiger partial charge on any atom is -0.327 e. The molecule has 5 heterocycles. The molecule has 4 aromatic rings. The molecule has 1 amide bonds.